The van der Waals surface area contributed by atoms with Gasteiger partial charge in [0.05, 0.1) is 0 Å². The van der Waals surface area contributed by atoms with Crippen LogP contribution < -0.4 is 5.32 Å². The fraction of sp³-hybridized carbons (Fsp3) is 0.286. The molecule has 0 bridgehead atoms. The van der Waals surface area contributed by atoms with E-state index in [-0.39, 0.29) is 5.91 Å². The Labute approximate surface area is 157 Å². The van der Waals surface area contributed by atoms with Crippen molar-refractivity contribution in [1.29, 1.82) is 0 Å². The molecule has 3 rings (SSSR count). The van der Waals surface area contributed by atoms with Crippen molar-refractivity contribution < 1.29 is 4.79 Å². The predicted octanol–water partition coefficient (Wildman–Crippen LogP) is 5.09. The number of hydrogen-bond donors (Lipinski definition) is 1. The Bertz CT molecular complexity index is 734. The third-order valence-electron chi connectivity index (χ3n) is 4.35. The molecule has 1 heterocycles. The van der Waals surface area contributed by atoms with Crippen molar-refractivity contribution in [1.82, 2.24) is 4.90 Å². The Morgan fingerprint density at radius 3 is 2.56 bits per heavy atom. The van der Waals surface area contributed by atoms with E-state index in [0.717, 1.165) is 22.3 Å². The molecule has 0 aliphatic carbocycles. The van der Waals surface area contributed by atoms with E-state index in [1.165, 1.54) is 37.9 Å². The van der Waals surface area contributed by atoms with E-state index in [2.05, 4.69) is 38.3 Å². The Balaban J connectivity index is 1.52. The Morgan fingerprint density at radius 2 is 1.84 bits per heavy atom. The fourth-order valence-corrected chi connectivity index (χ4v) is 3.45. The molecule has 0 aromatic heterocycles. The van der Waals surface area contributed by atoms with E-state index in [1.807, 2.05) is 42.5 Å². The van der Waals surface area contributed by atoms with E-state index in [1.54, 1.807) is 6.08 Å². The zero-order valence-corrected chi connectivity index (χ0v) is 15.8. The molecule has 130 valence electrons. The van der Waals surface area contributed by atoms with Crippen molar-refractivity contribution in [3.05, 3.63) is 70.2 Å². The van der Waals surface area contributed by atoms with Gasteiger partial charge in [0, 0.05) is 22.8 Å². The van der Waals surface area contributed by atoms with E-state index in [0.29, 0.717) is 0 Å². The maximum absolute atomic E-state index is 12.1. The highest BCUT2D eigenvalue weighted by atomic mass is 79.9. The molecule has 1 fully saturated rings. The highest BCUT2D eigenvalue weighted by Gasteiger charge is 2.10. The molecule has 0 spiro atoms. The topological polar surface area (TPSA) is 32.3 Å². The van der Waals surface area contributed by atoms with Crippen LogP contribution in [0.25, 0.3) is 6.08 Å². The molecule has 0 atom stereocenters. The van der Waals surface area contributed by atoms with Gasteiger partial charge in [-0.3, -0.25) is 9.69 Å². The van der Waals surface area contributed by atoms with Crippen molar-refractivity contribution >= 4 is 33.6 Å². The summed E-state index contributed by atoms with van der Waals surface area (Å²) < 4.78 is 0.999. The van der Waals surface area contributed by atoms with E-state index in [4.69, 9.17) is 0 Å². The van der Waals surface area contributed by atoms with Crippen molar-refractivity contribution in [2.75, 3.05) is 18.4 Å². The second-order valence-electron chi connectivity index (χ2n) is 6.41. The average molecular weight is 399 g/mol. The van der Waals surface area contributed by atoms with Gasteiger partial charge in [0.2, 0.25) is 5.91 Å². The summed E-state index contributed by atoms with van der Waals surface area (Å²) in [7, 11) is 0. The minimum absolute atomic E-state index is 0.122. The summed E-state index contributed by atoms with van der Waals surface area (Å²) in [6, 6.07) is 16.0. The molecule has 2 aromatic rings. The average Bonchev–Trinajstić information content (AvgIpc) is 2.63. The quantitative estimate of drug-likeness (QED) is 0.711. The van der Waals surface area contributed by atoms with Crippen LogP contribution in [0.4, 0.5) is 5.69 Å². The van der Waals surface area contributed by atoms with Crippen LogP contribution in [0, 0.1) is 0 Å². The van der Waals surface area contributed by atoms with Crippen molar-refractivity contribution in [2.45, 2.75) is 25.8 Å². The molecule has 2 aromatic carbocycles. The van der Waals surface area contributed by atoms with Crippen LogP contribution in [-0.4, -0.2) is 23.9 Å². The number of piperidine rings is 1. The number of rotatable bonds is 5. The number of anilines is 1. The van der Waals surface area contributed by atoms with Gasteiger partial charge < -0.3 is 5.32 Å². The van der Waals surface area contributed by atoms with Gasteiger partial charge in [0.15, 0.2) is 0 Å². The van der Waals surface area contributed by atoms with Gasteiger partial charge in [0.25, 0.3) is 0 Å². The van der Waals surface area contributed by atoms with E-state index >= 15 is 0 Å². The first kappa shape index (κ1) is 17.9. The summed E-state index contributed by atoms with van der Waals surface area (Å²) in [5.41, 5.74) is 3.11. The number of amides is 1. The molecule has 0 radical (unpaired) electrons. The fourth-order valence-electron chi connectivity index (χ4n) is 3.04. The lowest BCUT2D eigenvalue weighted by Crippen LogP contribution is -2.29. The lowest BCUT2D eigenvalue weighted by atomic mass is 10.1. The third-order valence-corrected chi connectivity index (χ3v) is 4.85. The number of carbonyl (C=O) groups excluding carboxylic acids is 1. The smallest absolute Gasteiger partial charge is 0.248 e. The molecule has 4 heteroatoms. The lowest BCUT2D eigenvalue weighted by Gasteiger charge is -2.26. The number of likely N-dealkylation sites (tertiary alicyclic amines) is 1. The van der Waals surface area contributed by atoms with Gasteiger partial charge in [-0.25, -0.2) is 0 Å². The van der Waals surface area contributed by atoms with Gasteiger partial charge in [-0.05, 0) is 67.4 Å². The number of nitrogens with one attached hydrogen (secondary N) is 1. The summed E-state index contributed by atoms with van der Waals surface area (Å²) in [6.07, 6.45) is 7.33. The molecule has 1 saturated heterocycles. The first-order valence-electron chi connectivity index (χ1n) is 8.75. The normalized spacial score (nSPS) is 15.4. The molecule has 1 aliphatic rings. The molecule has 1 aliphatic heterocycles. The molecule has 3 nitrogen and oxygen atoms in total. The van der Waals surface area contributed by atoms with Crippen LogP contribution in [0.5, 0.6) is 0 Å². The summed E-state index contributed by atoms with van der Waals surface area (Å²) >= 11 is 3.43. The van der Waals surface area contributed by atoms with Gasteiger partial charge in [-0.1, -0.05) is 46.6 Å². The minimum Gasteiger partial charge on any atom is -0.323 e. The van der Waals surface area contributed by atoms with Crippen molar-refractivity contribution in [2.24, 2.45) is 0 Å². The van der Waals surface area contributed by atoms with Crippen LogP contribution in [0.1, 0.15) is 30.4 Å². The second-order valence-corrected chi connectivity index (χ2v) is 7.33. The Morgan fingerprint density at radius 1 is 1.08 bits per heavy atom. The lowest BCUT2D eigenvalue weighted by molar-refractivity contribution is -0.111. The molecular weight excluding hydrogens is 376 g/mol. The third kappa shape index (κ3) is 5.83. The summed E-state index contributed by atoms with van der Waals surface area (Å²) in [5, 5.41) is 2.91. The van der Waals surface area contributed by atoms with Crippen LogP contribution in [-0.2, 0) is 11.3 Å². The van der Waals surface area contributed by atoms with Gasteiger partial charge in [-0.2, -0.15) is 0 Å². The van der Waals surface area contributed by atoms with Crippen LogP contribution in [0.15, 0.2) is 59.1 Å². The van der Waals surface area contributed by atoms with E-state index < -0.39 is 0 Å². The van der Waals surface area contributed by atoms with Crippen LogP contribution in [0.3, 0.4) is 0 Å². The maximum atomic E-state index is 12.1. The first-order chi connectivity index (χ1) is 12.2. The number of hydrogen-bond acceptors (Lipinski definition) is 2. The summed E-state index contributed by atoms with van der Waals surface area (Å²) in [6.45, 7) is 3.38. The van der Waals surface area contributed by atoms with E-state index in [9.17, 15) is 4.79 Å². The standard InChI is InChI=1S/C21H23BrN2O/c22-19-6-4-5-17(15-19)9-12-21(25)23-20-10-7-18(8-11-20)16-24-13-2-1-3-14-24/h4-12,15H,1-3,13-14,16H2,(H,23,25)/b12-9+. The molecule has 25 heavy (non-hydrogen) atoms. The van der Waals surface area contributed by atoms with Crippen LogP contribution >= 0.6 is 15.9 Å². The molecule has 0 saturated carbocycles. The number of halogens is 1. The molecule has 1 amide bonds. The summed E-state index contributed by atoms with van der Waals surface area (Å²) in [4.78, 5) is 14.6. The van der Waals surface area contributed by atoms with Crippen molar-refractivity contribution in [3.63, 3.8) is 0 Å². The number of carbonyl (C=O) groups is 1. The first-order valence-corrected chi connectivity index (χ1v) is 9.54. The largest absolute Gasteiger partial charge is 0.323 e. The second kappa shape index (κ2) is 8.97. The maximum Gasteiger partial charge on any atom is 0.248 e. The number of benzene rings is 2. The minimum atomic E-state index is -0.122. The highest BCUT2D eigenvalue weighted by molar-refractivity contribution is 9.10. The Hall–Kier alpha value is -1.91. The number of nitrogens with zero attached hydrogens (tertiary/aromatic N) is 1. The monoisotopic (exact) mass is 398 g/mol. The van der Waals surface area contributed by atoms with Crippen molar-refractivity contribution in [3.8, 4) is 0 Å². The highest BCUT2D eigenvalue weighted by Crippen LogP contribution is 2.16. The Kier molecular flexibility index (Phi) is 6.42. The predicted molar refractivity (Wildman–Crippen MR) is 107 cm³/mol. The van der Waals surface area contributed by atoms with Gasteiger partial charge >= 0.3 is 0 Å². The van der Waals surface area contributed by atoms with Crippen LogP contribution in [0.2, 0.25) is 0 Å². The zero-order chi connectivity index (χ0) is 17.5. The molecule has 1 N–H and O–H groups in total. The molecular formula is C21H23BrN2O. The molecule has 0 unspecified atom stereocenters. The van der Waals surface area contributed by atoms with Gasteiger partial charge in [0.1, 0.15) is 0 Å². The van der Waals surface area contributed by atoms with Gasteiger partial charge in [-0.15, -0.1) is 0 Å². The summed E-state index contributed by atoms with van der Waals surface area (Å²) in [5.74, 6) is -0.122. The zero-order valence-electron chi connectivity index (χ0n) is 14.2. The SMILES string of the molecule is O=C(/C=C/c1cccc(Br)c1)Nc1ccc(CN2CCCCC2)cc1.